The number of hydrogen-bond donors (Lipinski definition) is 1. The number of carbonyl (C=O) groups is 2. The van der Waals surface area contributed by atoms with Gasteiger partial charge in [0.25, 0.3) is 0 Å². The van der Waals surface area contributed by atoms with Crippen molar-refractivity contribution in [1.29, 1.82) is 0 Å². The molecule has 0 spiro atoms. The third kappa shape index (κ3) is 4.00. The Morgan fingerprint density at radius 2 is 2.27 bits per heavy atom. The molecule has 0 heterocycles. The molecule has 1 saturated carbocycles. The van der Waals surface area contributed by atoms with E-state index in [1.807, 2.05) is 14.1 Å². The molecule has 1 aliphatic rings. The van der Waals surface area contributed by atoms with E-state index in [4.69, 9.17) is 0 Å². The van der Waals surface area contributed by atoms with Crippen LogP contribution < -0.4 is 5.32 Å². The van der Waals surface area contributed by atoms with Crippen molar-refractivity contribution < 1.29 is 9.59 Å². The molecule has 86 valence electrons. The molecule has 0 radical (unpaired) electrons. The predicted molar refractivity (Wildman–Crippen MR) is 58.5 cm³/mol. The van der Waals surface area contributed by atoms with E-state index in [0.717, 1.165) is 25.8 Å². The van der Waals surface area contributed by atoms with Gasteiger partial charge in [0.1, 0.15) is 5.78 Å². The minimum absolute atomic E-state index is 0.0729. The maximum Gasteiger partial charge on any atom is 0.230 e. The molecule has 1 N–H and O–H groups in total. The fourth-order valence-electron chi connectivity index (χ4n) is 1.82. The first-order chi connectivity index (χ1) is 7.11. The lowest BCUT2D eigenvalue weighted by molar-refractivity contribution is -0.132. The number of nitrogens with zero attached hydrogens (tertiary/aromatic N) is 1. The van der Waals surface area contributed by atoms with Gasteiger partial charge in [0.05, 0.1) is 5.92 Å². The van der Waals surface area contributed by atoms with E-state index in [0.29, 0.717) is 13.0 Å². The molecule has 0 aromatic heterocycles. The summed E-state index contributed by atoms with van der Waals surface area (Å²) in [6, 6.07) is 0. The van der Waals surface area contributed by atoms with E-state index >= 15 is 0 Å². The smallest absolute Gasteiger partial charge is 0.230 e. The topological polar surface area (TPSA) is 49.4 Å². The zero-order valence-electron chi connectivity index (χ0n) is 9.58. The molecular weight excluding hydrogens is 192 g/mol. The highest BCUT2D eigenvalue weighted by Gasteiger charge is 2.30. The zero-order chi connectivity index (χ0) is 11.3. The summed E-state index contributed by atoms with van der Waals surface area (Å²) < 4.78 is 0. The molecule has 0 aromatic rings. The molecule has 4 nitrogen and oxygen atoms in total. The van der Waals surface area contributed by atoms with Gasteiger partial charge in [-0.25, -0.2) is 0 Å². The van der Waals surface area contributed by atoms with Gasteiger partial charge in [-0.05, 0) is 39.9 Å². The summed E-state index contributed by atoms with van der Waals surface area (Å²) in [5.74, 6) is -0.319. The zero-order valence-corrected chi connectivity index (χ0v) is 9.58. The van der Waals surface area contributed by atoms with E-state index < -0.39 is 0 Å². The summed E-state index contributed by atoms with van der Waals surface area (Å²) in [7, 11) is 4.00. The van der Waals surface area contributed by atoms with E-state index in [1.54, 1.807) is 0 Å². The van der Waals surface area contributed by atoms with Crippen molar-refractivity contribution in [3.05, 3.63) is 0 Å². The lowest BCUT2D eigenvalue weighted by Gasteiger charge is -2.11. The molecule has 1 rings (SSSR count). The van der Waals surface area contributed by atoms with Crippen LogP contribution in [0.25, 0.3) is 0 Å². The Morgan fingerprint density at radius 1 is 1.53 bits per heavy atom. The summed E-state index contributed by atoms with van der Waals surface area (Å²) >= 11 is 0. The quantitative estimate of drug-likeness (QED) is 0.531. The van der Waals surface area contributed by atoms with Crippen LogP contribution in [0, 0.1) is 5.92 Å². The molecule has 1 aliphatic carbocycles. The summed E-state index contributed by atoms with van der Waals surface area (Å²) in [5, 5.41) is 2.82. The van der Waals surface area contributed by atoms with E-state index in [1.165, 1.54) is 0 Å². The third-order valence-corrected chi connectivity index (χ3v) is 2.70. The highest BCUT2D eigenvalue weighted by atomic mass is 16.2. The SMILES string of the molecule is CN(C)CCCNC(=O)C1CCCC1=O. The largest absolute Gasteiger partial charge is 0.355 e. The van der Waals surface area contributed by atoms with E-state index in [-0.39, 0.29) is 17.6 Å². The van der Waals surface area contributed by atoms with Crippen LogP contribution in [0.3, 0.4) is 0 Å². The van der Waals surface area contributed by atoms with Crippen molar-refractivity contribution in [1.82, 2.24) is 10.2 Å². The molecule has 4 heteroatoms. The van der Waals surface area contributed by atoms with Gasteiger partial charge in [0.15, 0.2) is 0 Å². The number of amides is 1. The molecule has 15 heavy (non-hydrogen) atoms. The maximum atomic E-state index is 11.6. The highest BCUT2D eigenvalue weighted by Crippen LogP contribution is 2.20. The van der Waals surface area contributed by atoms with Crippen molar-refractivity contribution in [3.8, 4) is 0 Å². The van der Waals surface area contributed by atoms with Crippen molar-refractivity contribution >= 4 is 11.7 Å². The van der Waals surface area contributed by atoms with Gasteiger partial charge in [0.2, 0.25) is 5.91 Å². The number of carbonyl (C=O) groups excluding carboxylic acids is 2. The number of ketones is 1. The minimum atomic E-state index is -0.357. The third-order valence-electron chi connectivity index (χ3n) is 2.70. The van der Waals surface area contributed by atoms with Crippen LogP contribution in [0.1, 0.15) is 25.7 Å². The Hall–Kier alpha value is -0.900. The minimum Gasteiger partial charge on any atom is -0.355 e. The van der Waals surface area contributed by atoms with Crippen molar-refractivity contribution in [2.24, 2.45) is 5.92 Å². The van der Waals surface area contributed by atoms with Gasteiger partial charge in [-0.15, -0.1) is 0 Å². The first kappa shape index (κ1) is 12.2. The molecule has 1 atom stereocenters. The van der Waals surface area contributed by atoms with E-state index in [9.17, 15) is 9.59 Å². The Bertz CT molecular complexity index is 239. The molecule has 1 amide bonds. The second kappa shape index (κ2) is 5.85. The summed E-state index contributed by atoms with van der Waals surface area (Å²) in [4.78, 5) is 24.9. The van der Waals surface area contributed by atoms with Crippen molar-refractivity contribution in [2.45, 2.75) is 25.7 Å². The van der Waals surface area contributed by atoms with Gasteiger partial charge in [-0.3, -0.25) is 9.59 Å². The second-order valence-corrected chi connectivity index (χ2v) is 4.36. The summed E-state index contributed by atoms with van der Waals surface area (Å²) in [6.45, 7) is 1.62. The Kier molecular flexibility index (Phi) is 4.75. The molecular formula is C11H20N2O2. The standard InChI is InChI=1S/C11H20N2O2/c1-13(2)8-4-7-12-11(15)9-5-3-6-10(9)14/h9H,3-8H2,1-2H3,(H,12,15). The van der Waals surface area contributed by atoms with Gasteiger partial charge in [0, 0.05) is 13.0 Å². The first-order valence-electron chi connectivity index (χ1n) is 5.56. The lowest BCUT2D eigenvalue weighted by atomic mass is 10.1. The van der Waals surface area contributed by atoms with Crippen LogP contribution in [0.15, 0.2) is 0 Å². The van der Waals surface area contributed by atoms with Crippen LogP contribution >= 0.6 is 0 Å². The number of rotatable bonds is 5. The van der Waals surface area contributed by atoms with E-state index in [2.05, 4.69) is 10.2 Å². The number of Topliss-reactive ketones (excluding diaryl/α,β-unsaturated/α-hetero) is 1. The van der Waals surface area contributed by atoms with Gasteiger partial charge >= 0.3 is 0 Å². The predicted octanol–water partition coefficient (Wildman–Crippen LogP) is 0.424. The first-order valence-corrected chi connectivity index (χ1v) is 5.56. The van der Waals surface area contributed by atoms with Crippen LogP contribution in [0.4, 0.5) is 0 Å². The second-order valence-electron chi connectivity index (χ2n) is 4.36. The number of hydrogen-bond acceptors (Lipinski definition) is 3. The fourth-order valence-corrected chi connectivity index (χ4v) is 1.82. The molecule has 0 aromatic carbocycles. The summed E-state index contributed by atoms with van der Waals surface area (Å²) in [5.41, 5.74) is 0. The Balaban J connectivity index is 2.16. The Morgan fingerprint density at radius 3 is 2.80 bits per heavy atom. The van der Waals surface area contributed by atoms with Gasteiger partial charge < -0.3 is 10.2 Å². The van der Waals surface area contributed by atoms with Crippen LogP contribution in [0.5, 0.6) is 0 Å². The fraction of sp³-hybridized carbons (Fsp3) is 0.818. The van der Waals surface area contributed by atoms with Crippen molar-refractivity contribution in [2.75, 3.05) is 27.2 Å². The molecule has 0 bridgehead atoms. The average molecular weight is 212 g/mol. The molecule has 0 saturated heterocycles. The van der Waals surface area contributed by atoms with Gasteiger partial charge in [-0.1, -0.05) is 0 Å². The molecule has 1 fully saturated rings. The van der Waals surface area contributed by atoms with Crippen LogP contribution in [0.2, 0.25) is 0 Å². The van der Waals surface area contributed by atoms with Gasteiger partial charge in [-0.2, -0.15) is 0 Å². The Labute approximate surface area is 91.0 Å². The molecule has 1 unspecified atom stereocenters. The number of nitrogens with one attached hydrogen (secondary N) is 1. The average Bonchev–Trinajstić information content (AvgIpc) is 2.58. The lowest BCUT2D eigenvalue weighted by Crippen LogP contribution is -2.34. The highest BCUT2D eigenvalue weighted by molar-refractivity contribution is 6.02. The van der Waals surface area contributed by atoms with Crippen LogP contribution in [-0.4, -0.2) is 43.8 Å². The summed E-state index contributed by atoms with van der Waals surface area (Å²) in [6.07, 6.45) is 3.11. The maximum absolute atomic E-state index is 11.6. The monoisotopic (exact) mass is 212 g/mol. The normalized spacial score (nSPS) is 21.0. The molecule has 0 aliphatic heterocycles. The van der Waals surface area contributed by atoms with Crippen molar-refractivity contribution in [3.63, 3.8) is 0 Å². The van der Waals surface area contributed by atoms with Crippen LogP contribution in [-0.2, 0) is 9.59 Å².